The lowest BCUT2D eigenvalue weighted by Crippen LogP contribution is -2.40. The molecule has 132 valence electrons. The first kappa shape index (κ1) is 17.6. The first-order chi connectivity index (χ1) is 12.1. The lowest BCUT2D eigenvalue weighted by molar-refractivity contribution is -0.134. The Balaban J connectivity index is 1.63. The third kappa shape index (κ3) is 3.90. The molecule has 0 radical (unpaired) electrons. The van der Waals surface area contributed by atoms with Crippen LogP contribution in [0.3, 0.4) is 0 Å². The van der Waals surface area contributed by atoms with E-state index in [4.69, 9.17) is 5.11 Å². The minimum Gasteiger partial charge on any atom is -0.476 e. The Morgan fingerprint density at radius 1 is 1.28 bits per heavy atom. The highest BCUT2D eigenvalue weighted by molar-refractivity contribution is 7.09. The van der Waals surface area contributed by atoms with Gasteiger partial charge >= 0.3 is 5.97 Å². The summed E-state index contributed by atoms with van der Waals surface area (Å²) in [6.07, 6.45) is 2.46. The first-order valence-corrected chi connectivity index (χ1v) is 9.50. The molecule has 2 heterocycles. The molecule has 2 aromatic rings. The topological polar surface area (TPSA) is 70.5 Å². The highest BCUT2D eigenvalue weighted by Crippen LogP contribution is 2.32. The number of carboxylic acids is 1. The van der Waals surface area contributed by atoms with Gasteiger partial charge in [0.2, 0.25) is 5.91 Å². The molecule has 5 nitrogen and oxygen atoms in total. The number of hydrogen-bond donors (Lipinski definition) is 1. The third-order valence-corrected chi connectivity index (χ3v) is 5.81. The highest BCUT2D eigenvalue weighted by Gasteiger charge is 2.30. The van der Waals surface area contributed by atoms with Crippen molar-refractivity contribution in [1.82, 2.24) is 9.88 Å². The van der Waals surface area contributed by atoms with Crippen molar-refractivity contribution in [3.8, 4) is 0 Å². The van der Waals surface area contributed by atoms with Gasteiger partial charge in [-0.05, 0) is 24.8 Å². The number of thiazole rings is 1. The first-order valence-electron chi connectivity index (χ1n) is 8.62. The van der Waals surface area contributed by atoms with Crippen LogP contribution >= 0.6 is 11.3 Å². The van der Waals surface area contributed by atoms with Gasteiger partial charge in [-0.2, -0.15) is 0 Å². The van der Waals surface area contributed by atoms with E-state index < -0.39 is 5.97 Å². The number of carbonyl (C=O) groups is 2. The zero-order valence-corrected chi connectivity index (χ0v) is 15.0. The maximum Gasteiger partial charge on any atom is 0.355 e. The van der Waals surface area contributed by atoms with Crippen LogP contribution in [0.25, 0.3) is 0 Å². The summed E-state index contributed by atoms with van der Waals surface area (Å²) in [6.45, 7) is 3.45. The zero-order valence-electron chi connectivity index (χ0n) is 14.2. The molecule has 0 spiro atoms. The monoisotopic (exact) mass is 358 g/mol. The average molecular weight is 358 g/mol. The van der Waals surface area contributed by atoms with Gasteiger partial charge < -0.3 is 10.0 Å². The van der Waals surface area contributed by atoms with E-state index in [1.807, 2.05) is 42.2 Å². The zero-order chi connectivity index (χ0) is 17.8. The van der Waals surface area contributed by atoms with Crippen LogP contribution in [0.15, 0.2) is 35.7 Å². The smallest absolute Gasteiger partial charge is 0.355 e. The fraction of sp³-hybridized carbons (Fsp3) is 0.421. The molecule has 1 N–H and O–H groups in total. The fourth-order valence-corrected chi connectivity index (χ4v) is 4.34. The van der Waals surface area contributed by atoms with Crippen LogP contribution in [0.4, 0.5) is 0 Å². The van der Waals surface area contributed by atoms with Gasteiger partial charge in [0.25, 0.3) is 0 Å². The number of carbonyl (C=O) groups excluding carboxylic acids is 1. The second-order valence-corrected chi connectivity index (χ2v) is 7.24. The van der Waals surface area contributed by atoms with Crippen LogP contribution in [0.5, 0.6) is 0 Å². The molecule has 0 saturated carbocycles. The SMILES string of the molecule is CCC(C(=O)N1CCC(c2nc(C(=O)O)cs2)CC1)c1ccccc1. The normalized spacial score (nSPS) is 16.6. The van der Waals surface area contributed by atoms with Gasteiger partial charge in [-0.3, -0.25) is 4.79 Å². The van der Waals surface area contributed by atoms with Crippen LogP contribution < -0.4 is 0 Å². The van der Waals surface area contributed by atoms with Crippen LogP contribution in [0.2, 0.25) is 0 Å². The second-order valence-electron chi connectivity index (χ2n) is 6.35. The summed E-state index contributed by atoms with van der Waals surface area (Å²) in [6, 6.07) is 9.94. The number of aromatic carboxylic acids is 1. The van der Waals surface area contributed by atoms with Gasteiger partial charge in [0.1, 0.15) is 0 Å². The standard InChI is InChI=1S/C19H22N2O3S/c1-2-15(13-6-4-3-5-7-13)18(22)21-10-8-14(9-11-21)17-20-16(12-25-17)19(23)24/h3-7,12,14-15H,2,8-11H2,1H3,(H,23,24). The van der Waals surface area contributed by atoms with Crippen LogP contribution in [0, 0.1) is 0 Å². The third-order valence-electron chi connectivity index (χ3n) is 4.81. The summed E-state index contributed by atoms with van der Waals surface area (Å²) in [5.41, 5.74) is 1.19. The number of nitrogens with zero attached hydrogens (tertiary/aromatic N) is 2. The number of likely N-dealkylation sites (tertiary alicyclic amines) is 1. The van der Waals surface area contributed by atoms with Gasteiger partial charge in [0, 0.05) is 24.4 Å². The van der Waals surface area contributed by atoms with Crippen LogP contribution in [0.1, 0.15) is 59.1 Å². The average Bonchev–Trinajstić information content (AvgIpc) is 3.14. The predicted molar refractivity (Wildman–Crippen MR) is 97.1 cm³/mol. The molecule has 1 saturated heterocycles. The van der Waals surface area contributed by atoms with Crippen molar-refractivity contribution in [2.75, 3.05) is 13.1 Å². The Morgan fingerprint density at radius 3 is 2.52 bits per heavy atom. The number of carboxylic acid groups (broad SMARTS) is 1. The second kappa shape index (κ2) is 7.78. The Kier molecular flexibility index (Phi) is 5.48. The van der Waals surface area contributed by atoms with E-state index >= 15 is 0 Å². The maximum atomic E-state index is 12.9. The van der Waals surface area contributed by atoms with Gasteiger partial charge in [-0.1, -0.05) is 37.3 Å². The van der Waals surface area contributed by atoms with Crippen molar-refractivity contribution in [2.24, 2.45) is 0 Å². The summed E-state index contributed by atoms with van der Waals surface area (Å²) >= 11 is 1.41. The van der Waals surface area contributed by atoms with E-state index in [0.717, 1.165) is 29.8 Å². The summed E-state index contributed by atoms with van der Waals surface area (Å²) in [7, 11) is 0. The van der Waals surface area contributed by atoms with Crippen molar-refractivity contribution in [2.45, 2.75) is 38.0 Å². The molecule has 1 aromatic carbocycles. The van der Waals surface area contributed by atoms with Gasteiger partial charge in [-0.25, -0.2) is 9.78 Å². The summed E-state index contributed by atoms with van der Waals surface area (Å²) < 4.78 is 0. The fourth-order valence-electron chi connectivity index (χ4n) is 3.38. The molecular formula is C19H22N2O3S. The van der Waals surface area contributed by atoms with Crippen molar-refractivity contribution >= 4 is 23.2 Å². The summed E-state index contributed by atoms with van der Waals surface area (Å²) in [5.74, 6) is -0.628. The maximum absolute atomic E-state index is 12.9. The molecule has 25 heavy (non-hydrogen) atoms. The number of rotatable bonds is 5. The number of amides is 1. The van der Waals surface area contributed by atoms with Crippen LogP contribution in [-0.2, 0) is 4.79 Å². The lowest BCUT2D eigenvalue weighted by atomic mass is 9.92. The van der Waals surface area contributed by atoms with Gasteiger partial charge in [0.05, 0.1) is 10.9 Å². The molecule has 1 aliphatic rings. The lowest BCUT2D eigenvalue weighted by Gasteiger charge is -2.33. The number of hydrogen-bond acceptors (Lipinski definition) is 4. The van der Waals surface area contributed by atoms with Crippen molar-refractivity contribution < 1.29 is 14.7 Å². The molecule has 6 heteroatoms. The predicted octanol–water partition coefficient (Wildman–Crippen LogP) is 3.74. The van der Waals surface area contributed by atoms with E-state index in [1.54, 1.807) is 5.38 Å². The molecule has 0 aliphatic carbocycles. The molecule has 0 bridgehead atoms. The Bertz CT molecular complexity index is 736. The molecule has 3 rings (SSSR count). The van der Waals surface area contributed by atoms with Crippen molar-refractivity contribution in [1.29, 1.82) is 0 Å². The van der Waals surface area contributed by atoms with Crippen molar-refractivity contribution in [3.05, 3.63) is 52.0 Å². The minimum atomic E-state index is -0.983. The molecule has 1 aliphatic heterocycles. The van der Waals surface area contributed by atoms with E-state index in [0.29, 0.717) is 13.1 Å². The van der Waals surface area contributed by atoms with E-state index in [1.165, 1.54) is 11.3 Å². The van der Waals surface area contributed by atoms with Gasteiger partial charge in [-0.15, -0.1) is 11.3 Å². The van der Waals surface area contributed by atoms with Gasteiger partial charge in [0.15, 0.2) is 5.69 Å². The van der Waals surface area contributed by atoms with Crippen molar-refractivity contribution in [3.63, 3.8) is 0 Å². The molecule has 1 unspecified atom stereocenters. The Labute approximate surface area is 151 Å². The highest BCUT2D eigenvalue weighted by atomic mass is 32.1. The minimum absolute atomic E-state index is 0.0868. The summed E-state index contributed by atoms with van der Waals surface area (Å²) in [5, 5.41) is 11.5. The number of benzene rings is 1. The van der Waals surface area contributed by atoms with Crippen LogP contribution in [-0.4, -0.2) is 40.0 Å². The molecule has 1 amide bonds. The quantitative estimate of drug-likeness (QED) is 0.884. The van der Waals surface area contributed by atoms with E-state index in [2.05, 4.69) is 4.98 Å². The largest absolute Gasteiger partial charge is 0.476 e. The summed E-state index contributed by atoms with van der Waals surface area (Å²) in [4.78, 5) is 30.0. The molecule has 1 fully saturated rings. The van der Waals surface area contributed by atoms with E-state index in [-0.39, 0.29) is 23.4 Å². The van der Waals surface area contributed by atoms with E-state index in [9.17, 15) is 9.59 Å². The Morgan fingerprint density at radius 2 is 1.96 bits per heavy atom. The number of aromatic nitrogens is 1. The molecular weight excluding hydrogens is 336 g/mol. The Hall–Kier alpha value is -2.21. The molecule has 1 aromatic heterocycles. The number of piperidine rings is 1. The molecule has 1 atom stereocenters.